The lowest BCUT2D eigenvalue weighted by atomic mass is 10.1. The molecule has 0 aliphatic carbocycles. The van der Waals surface area contributed by atoms with E-state index in [9.17, 15) is 0 Å². The molecular weight excluding hydrogens is 176 g/mol. The van der Waals surface area contributed by atoms with Gasteiger partial charge in [-0.3, -0.25) is 4.48 Å². The highest BCUT2D eigenvalue weighted by molar-refractivity contribution is 5.50. The van der Waals surface area contributed by atoms with Gasteiger partial charge in [0.05, 0.1) is 19.3 Å². The summed E-state index contributed by atoms with van der Waals surface area (Å²) in [5.74, 6) is 1.43. The van der Waals surface area contributed by atoms with Crippen molar-refractivity contribution in [3.05, 3.63) is 12.4 Å². The maximum Gasteiger partial charge on any atom is 0.194 e. The molecule has 82 valence electrons. The van der Waals surface area contributed by atoms with Gasteiger partial charge in [-0.1, -0.05) is 27.7 Å². The van der Waals surface area contributed by atoms with Crippen LogP contribution in [-0.4, -0.2) is 29.4 Å². The smallest absolute Gasteiger partial charge is 0.194 e. The molecule has 0 aromatic carbocycles. The highest BCUT2D eigenvalue weighted by Gasteiger charge is 2.27. The molecule has 0 aromatic heterocycles. The molecule has 3 heteroatoms. The van der Waals surface area contributed by atoms with Crippen molar-refractivity contribution in [2.45, 2.75) is 27.7 Å². The molecule has 0 bridgehead atoms. The molecule has 1 heterocycles. The van der Waals surface area contributed by atoms with Gasteiger partial charge in [-0.25, -0.2) is 4.99 Å². The number of aliphatic imine (C=N–C) groups is 1. The Morgan fingerprint density at radius 1 is 1.07 bits per heavy atom. The second kappa shape index (κ2) is 5.27. The zero-order valence-corrected chi connectivity index (χ0v) is 9.64. The lowest BCUT2D eigenvalue weighted by Crippen LogP contribution is -2.45. The fourth-order valence-electron chi connectivity index (χ4n) is 2.03. The Hall–Kier alpha value is -0.670. The Morgan fingerprint density at radius 2 is 1.57 bits per heavy atom. The largest absolute Gasteiger partial charge is 0.870 e. The van der Waals surface area contributed by atoms with Crippen molar-refractivity contribution in [3.8, 4) is 0 Å². The van der Waals surface area contributed by atoms with Crippen molar-refractivity contribution < 1.29 is 9.96 Å². The minimum atomic E-state index is 0. The molecule has 0 saturated carbocycles. The van der Waals surface area contributed by atoms with Crippen molar-refractivity contribution in [3.63, 3.8) is 0 Å². The summed E-state index contributed by atoms with van der Waals surface area (Å²) in [7, 11) is 0. The number of nitrogens with zero attached hydrogens (tertiary/aromatic N) is 2. The quantitative estimate of drug-likeness (QED) is 0.640. The Morgan fingerprint density at radius 3 is 1.86 bits per heavy atom. The van der Waals surface area contributed by atoms with Crippen molar-refractivity contribution in [2.75, 3.05) is 13.1 Å². The van der Waals surface area contributed by atoms with Crippen LogP contribution in [0, 0.1) is 11.8 Å². The summed E-state index contributed by atoms with van der Waals surface area (Å²) < 4.78 is 0.940. The molecule has 1 aliphatic heterocycles. The number of quaternary nitrogens is 1. The minimum Gasteiger partial charge on any atom is -0.870 e. The lowest BCUT2D eigenvalue weighted by Gasteiger charge is -2.30. The van der Waals surface area contributed by atoms with E-state index in [2.05, 4.69) is 45.2 Å². The Balaban J connectivity index is 0.00000169. The summed E-state index contributed by atoms with van der Waals surface area (Å²) in [6.07, 6.45) is 6.20. The molecule has 0 saturated heterocycles. The van der Waals surface area contributed by atoms with E-state index in [4.69, 9.17) is 0 Å². The molecule has 0 radical (unpaired) electrons. The van der Waals surface area contributed by atoms with E-state index in [0.717, 1.165) is 17.6 Å². The second-order valence-corrected chi connectivity index (χ2v) is 4.82. The number of hydrogen-bond donors (Lipinski definition) is 0. The monoisotopic (exact) mass is 198 g/mol. The predicted octanol–water partition coefficient (Wildman–Crippen LogP) is 2.45. The van der Waals surface area contributed by atoms with Gasteiger partial charge in [0.25, 0.3) is 0 Å². The third-order valence-corrected chi connectivity index (χ3v) is 2.16. The Kier molecular flexibility index (Phi) is 5.02. The van der Waals surface area contributed by atoms with Crippen LogP contribution in [0.2, 0.25) is 0 Å². The van der Waals surface area contributed by atoms with Gasteiger partial charge in [0.15, 0.2) is 6.34 Å². The molecule has 0 spiro atoms. The molecule has 1 rings (SSSR count). The van der Waals surface area contributed by atoms with Gasteiger partial charge in [0.1, 0.15) is 6.20 Å². The summed E-state index contributed by atoms with van der Waals surface area (Å²) >= 11 is 0. The summed E-state index contributed by atoms with van der Waals surface area (Å²) in [5.41, 5.74) is 0. The number of rotatable bonds is 4. The highest BCUT2D eigenvalue weighted by Crippen LogP contribution is 2.17. The van der Waals surface area contributed by atoms with Crippen molar-refractivity contribution in [1.29, 1.82) is 0 Å². The fourth-order valence-corrected chi connectivity index (χ4v) is 2.03. The lowest BCUT2D eigenvalue weighted by molar-refractivity contribution is -0.786. The van der Waals surface area contributed by atoms with Gasteiger partial charge in [0, 0.05) is 11.8 Å². The first kappa shape index (κ1) is 13.3. The van der Waals surface area contributed by atoms with Crippen LogP contribution in [0.1, 0.15) is 27.7 Å². The van der Waals surface area contributed by atoms with Crippen LogP contribution in [-0.2, 0) is 0 Å². The topological polar surface area (TPSA) is 42.4 Å². The molecule has 0 unspecified atom stereocenters. The van der Waals surface area contributed by atoms with Gasteiger partial charge < -0.3 is 5.48 Å². The predicted molar refractivity (Wildman–Crippen MR) is 59.2 cm³/mol. The van der Waals surface area contributed by atoms with Crippen LogP contribution in [0.3, 0.4) is 0 Å². The van der Waals surface area contributed by atoms with Crippen LogP contribution >= 0.6 is 0 Å². The molecular formula is C11H22N2O. The summed E-state index contributed by atoms with van der Waals surface area (Å²) in [4.78, 5) is 4.21. The summed E-state index contributed by atoms with van der Waals surface area (Å²) in [6.45, 7) is 11.4. The van der Waals surface area contributed by atoms with Gasteiger partial charge in [0.2, 0.25) is 0 Å². The fraction of sp³-hybridized carbons (Fsp3) is 0.727. The highest BCUT2D eigenvalue weighted by atomic mass is 16.0. The first-order valence-electron chi connectivity index (χ1n) is 5.12. The van der Waals surface area contributed by atoms with Gasteiger partial charge in [-0.15, -0.1) is 0 Å². The van der Waals surface area contributed by atoms with Gasteiger partial charge >= 0.3 is 0 Å². The summed E-state index contributed by atoms with van der Waals surface area (Å²) in [5, 5.41) is 0. The Bertz CT molecular complexity index is 195. The van der Waals surface area contributed by atoms with E-state index in [1.807, 2.05) is 6.20 Å². The van der Waals surface area contributed by atoms with Crippen molar-refractivity contribution in [2.24, 2.45) is 16.8 Å². The minimum absolute atomic E-state index is 0. The van der Waals surface area contributed by atoms with E-state index in [0.29, 0.717) is 11.8 Å². The normalized spacial score (nSPS) is 17.9. The average molecular weight is 198 g/mol. The third-order valence-electron chi connectivity index (χ3n) is 2.16. The SMILES string of the molecule is CC(C)C[N+]1(CC(C)C)C=CN=C1.[OH-]. The van der Waals surface area contributed by atoms with Crippen LogP contribution in [0.5, 0.6) is 0 Å². The molecule has 0 amide bonds. The molecule has 14 heavy (non-hydrogen) atoms. The van der Waals surface area contributed by atoms with E-state index in [1.165, 1.54) is 0 Å². The molecule has 1 aliphatic rings. The van der Waals surface area contributed by atoms with E-state index in [-0.39, 0.29) is 5.48 Å². The number of hydrogen-bond acceptors (Lipinski definition) is 2. The zero-order valence-electron chi connectivity index (χ0n) is 9.64. The summed E-state index contributed by atoms with van der Waals surface area (Å²) in [6, 6.07) is 0. The van der Waals surface area contributed by atoms with Crippen LogP contribution in [0.4, 0.5) is 0 Å². The molecule has 0 aromatic rings. The molecule has 0 fully saturated rings. The maximum absolute atomic E-state index is 4.21. The van der Waals surface area contributed by atoms with E-state index in [1.54, 1.807) is 0 Å². The maximum atomic E-state index is 4.21. The Labute approximate surface area is 87.0 Å². The molecule has 0 atom stereocenters. The van der Waals surface area contributed by atoms with Gasteiger partial charge in [-0.2, -0.15) is 0 Å². The molecule has 1 N–H and O–H groups in total. The van der Waals surface area contributed by atoms with Crippen molar-refractivity contribution in [1.82, 2.24) is 0 Å². The second-order valence-electron chi connectivity index (χ2n) is 4.82. The van der Waals surface area contributed by atoms with Crippen LogP contribution in [0.25, 0.3) is 0 Å². The molecule has 3 nitrogen and oxygen atoms in total. The van der Waals surface area contributed by atoms with Crippen molar-refractivity contribution >= 4 is 6.34 Å². The first-order valence-corrected chi connectivity index (χ1v) is 5.12. The van der Waals surface area contributed by atoms with Crippen LogP contribution < -0.4 is 0 Å². The van der Waals surface area contributed by atoms with Gasteiger partial charge in [-0.05, 0) is 0 Å². The van der Waals surface area contributed by atoms with E-state index >= 15 is 0 Å². The third kappa shape index (κ3) is 3.60. The average Bonchev–Trinajstić information content (AvgIpc) is 2.33. The standard InChI is InChI=1S/C11H21N2.H2O/c1-10(2)7-13(8-11(3)4)6-5-12-9-13;/h5-6,9-11H,7-8H2,1-4H3;1H2/q+1;/p-1. The zero-order chi connectivity index (χ0) is 9.90. The first-order chi connectivity index (χ1) is 6.04. The van der Waals surface area contributed by atoms with E-state index < -0.39 is 0 Å². The van der Waals surface area contributed by atoms with Crippen LogP contribution in [0.15, 0.2) is 17.4 Å².